The van der Waals surface area contributed by atoms with Gasteiger partial charge in [0.05, 0.1) is 19.1 Å². The molecule has 4 rings (SSSR count). The highest BCUT2D eigenvalue weighted by molar-refractivity contribution is 8.03. The van der Waals surface area contributed by atoms with E-state index in [0.717, 1.165) is 10.6 Å². The molecular weight excluding hydrogens is 359 g/mol. The third kappa shape index (κ3) is 2.64. The molecule has 6 nitrogen and oxygen atoms in total. The van der Waals surface area contributed by atoms with E-state index in [9.17, 15) is 9.18 Å². The number of nitrogens with two attached hydrogens (primary N) is 1. The number of ether oxygens (including phenoxy) is 2. The molecule has 0 spiro atoms. The van der Waals surface area contributed by atoms with Gasteiger partial charge in [-0.15, -0.1) is 11.8 Å². The van der Waals surface area contributed by atoms with Gasteiger partial charge in [0.15, 0.2) is 16.9 Å². The van der Waals surface area contributed by atoms with Crippen molar-refractivity contribution in [2.75, 3.05) is 25.7 Å². The monoisotopic (exact) mass is 378 g/mol. The quantitative estimate of drug-likeness (QED) is 0.862. The first-order chi connectivity index (χ1) is 12.4. The van der Waals surface area contributed by atoms with Crippen LogP contribution in [0.15, 0.2) is 33.2 Å². The molecule has 0 aliphatic carbocycles. The van der Waals surface area contributed by atoms with Crippen LogP contribution in [0.25, 0.3) is 11.0 Å². The van der Waals surface area contributed by atoms with Crippen LogP contribution in [-0.2, 0) is 9.53 Å². The number of allylic oxidation sites excluding steroid dienone is 1. The lowest BCUT2D eigenvalue weighted by Gasteiger charge is -2.46. The van der Waals surface area contributed by atoms with Gasteiger partial charge in [0, 0.05) is 22.1 Å². The lowest BCUT2D eigenvalue weighted by Crippen LogP contribution is -2.68. The Morgan fingerprint density at radius 3 is 2.81 bits per heavy atom. The summed E-state index contributed by atoms with van der Waals surface area (Å²) in [5.74, 6) is 0.873. The average Bonchev–Trinajstić information content (AvgIpc) is 3.08. The van der Waals surface area contributed by atoms with Crippen LogP contribution in [0.5, 0.6) is 5.75 Å². The number of thioether (sulfide) groups is 1. The summed E-state index contributed by atoms with van der Waals surface area (Å²) >= 11 is 1.59. The first-order valence-electron chi connectivity index (χ1n) is 8.21. The molecule has 0 radical (unpaired) electrons. The first-order valence-corrected chi connectivity index (χ1v) is 9.19. The Kier molecular flexibility index (Phi) is 4.11. The first kappa shape index (κ1) is 17.2. The number of rotatable bonds is 5. The average molecular weight is 378 g/mol. The number of primary amides is 1. The summed E-state index contributed by atoms with van der Waals surface area (Å²) in [5, 5.41) is 0.670. The minimum atomic E-state index is -0.766. The molecule has 1 saturated heterocycles. The highest BCUT2D eigenvalue weighted by atomic mass is 32.2. The molecule has 0 saturated carbocycles. The summed E-state index contributed by atoms with van der Waals surface area (Å²) in [6.45, 7) is 4.61. The zero-order valence-corrected chi connectivity index (χ0v) is 15.3. The van der Waals surface area contributed by atoms with Gasteiger partial charge in [-0.25, -0.2) is 4.39 Å². The maximum absolute atomic E-state index is 14.1. The van der Waals surface area contributed by atoms with Crippen LogP contribution in [0.1, 0.15) is 12.7 Å². The second-order valence-electron chi connectivity index (χ2n) is 6.57. The van der Waals surface area contributed by atoms with Crippen LogP contribution >= 0.6 is 11.8 Å². The largest absolute Gasteiger partial charge is 0.488 e. The maximum atomic E-state index is 14.1. The highest BCUT2D eigenvalue weighted by Gasteiger charge is 2.51. The van der Waals surface area contributed by atoms with Gasteiger partial charge in [0.1, 0.15) is 18.1 Å². The molecule has 2 aliphatic heterocycles. The van der Waals surface area contributed by atoms with Crippen LogP contribution in [0.3, 0.4) is 0 Å². The molecule has 3 heterocycles. The van der Waals surface area contributed by atoms with Gasteiger partial charge in [0.2, 0.25) is 5.91 Å². The van der Waals surface area contributed by atoms with E-state index in [4.69, 9.17) is 19.6 Å². The zero-order valence-electron chi connectivity index (χ0n) is 14.5. The fourth-order valence-electron chi connectivity index (χ4n) is 3.26. The number of fused-ring (bicyclic) bond motifs is 1. The van der Waals surface area contributed by atoms with Gasteiger partial charge in [-0.05, 0) is 26.0 Å². The molecule has 0 unspecified atom stereocenters. The van der Waals surface area contributed by atoms with E-state index < -0.39 is 11.4 Å². The number of benzene rings is 1. The Bertz CT molecular complexity index is 919. The molecule has 0 atom stereocenters. The molecule has 1 aromatic heterocycles. The van der Waals surface area contributed by atoms with E-state index >= 15 is 0 Å². The minimum absolute atomic E-state index is 0.236. The Hall–Kier alpha value is -2.19. The predicted octanol–water partition coefficient (Wildman–Crippen LogP) is 2.75. The molecular formula is C18H19FN2O4S. The summed E-state index contributed by atoms with van der Waals surface area (Å²) < 4.78 is 30.5. The Labute approximate surface area is 154 Å². The summed E-state index contributed by atoms with van der Waals surface area (Å²) in [4.78, 5) is 14.8. The number of hydrogen-bond acceptors (Lipinski definition) is 6. The fourth-order valence-corrected chi connectivity index (χ4v) is 4.44. The number of nitrogens with zero attached hydrogens (tertiary/aromatic N) is 1. The summed E-state index contributed by atoms with van der Waals surface area (Å²) in [5.41, 5.74) is 6.00. The van der Waals surface area contributed by atoms with Crippen molar-refractivity contribution in [3.63, 3.8) is 0 Å². The van der Waals surface area contributed by atoms with Crippen LogP contribution < -0.4 is 10.5 Å². The number of carbonyl (C=O) groups excluding carboxylic acids is 1. The van der Waals surface area contributed by atoms with Gasteiger partial charge < -0.3 is 24.5 Å². The molecule has 2 aromatic rings. The van der Waals surface area contributed by atoms with Crippen molar-refractivity contribution in [3.05, 3.63) is 40.4 Å². The summed E-state index contributed by atoms with van der Waals surface area (Å²) in [7, 11) is 0. The molecule has 0 bridgehead atoms. The van der Waals surface area contributed by atoms with Crippen molar-refractivity contribution in [2.24, 2.45) is 5.73 Å². The van der Waals surface area contributed by atoms with Crippen molar-refractivity contribution in [3.8, 4) is 5.75 Å². The van der Waals surface area contributed by atoms with Gasteiger partial charge >= 0.3 is 0 Å². The Morgan fingerprint density at radius 1 is 1.38 bits per heavy atom. The van der Waals surface area contributed by atoms with Crippen LogP contribution in [-0.4, -0.2) is 42.0 Å². The maximum Gasteiger partial charge on any atom is 0.248 e. The molecule has 26 heavy (non-hydrogen) atoms. The van der Waals surface area contributed by atoms with Crippen LogP contribution in [0.4, 0.5) is 4.39 Å². The second-order valence-corrected chi connectivity index (χ2v) is 7.61. The van der Waals surface area contributed by atoms with Gasteiger partial charge in [0.25, 0.3) is 0 Å². The van der Waals surface area contributed by atoms with E-state index in [2.05, 4.69) is 0 Å². The Morgan fingerprint density at radius 2 is 2.15 bits per heavy atom. The van der Waals surface area contributed by atoms with Crippen molar-refractivity contribution >= 4 is 28.6 Å². The summed E-state index contributed by atoms with van der Waals surface area (Å²) in [6, 6.07) is 4.85. The molecule has 8 heteroatoms. The molecule has 1 fully saturated rings. The number of aryl methyl sites for hydroxylation is 1. The standard InChI is InChI=1S/C18H19FN2O4S/c1-10-3-12-4-13(5-14(19)16(12)25-10)24-6-15-11(2)21(9-26-15)18(17(20)22)7-23-8-18/h3-5H,6-9H2,1-2H3,(H2,20,22). The fraction of sp³-hybridized carbons (Fsp3) is 0.389. The topological polar surface area (TPSA) is 77.9 Å². The normalized spacial score (nSPS) is 19.1. The number of amides is 1. The molecule has 138 valence electrons. The van der Waals surface area contributed by atoms with Gasteiger partial charge in [-0.2, -0.15) is 0 Å². The lowest BCUT2D eigenvalue weighted by molar-refractivity contribution is -0.160. The van der Waals surface area contributed by atoms with Crippen LogP contribution in [0, 0.1) is 12.7 Å². The lowest BCUT2D eigenvalue weighted by atomic mass is 9.94. The molecule has 1 amide bonds. The van der Waals surface area contributed by atoms with E-state index in [1.807, 2.05) is 11.8 Å². The third-order valence-electron chi connectivity index (χ3n) is 4.87. The number of furan rings is 1. The number of hydrogen-bond donors (Lipinski definition) is 1. The van der Waals surface area contributed by atoms with Crippen molar-refractivity contribution in [1.29, 1.82) is 0 Å². The van der Waals surface area contributed by atoms with Crippen molar-refractivity contribution < 1.29 is 23.1 Å². The van der Waals surface area contributed by atoms with E-state index in [1.54, 1.807) is 30.8 Å². The van der Waals surface area contributed by atoms with Gasteiger partial charge in [-0.3, -0.25) is 4.79 Å². The Balaban J connectivity index is 1.52. The van der Waals surface area contributed by atoms with E-state index in [1.165, 1.54) is 6.07 Å². The molecule has 2 aliphatic rings. The van der Waals surface area contributed by atoms with Gasteiger partial charge in [-0.1, -0.05) is 0 Å². The number of halogens is 1. The second kappa shape index (κ2) is 6.21. The van der Waals surface area contributed by atoms with Crippen molar-refractivity contribution in [1.82, 2.24) is 4.90 Å². The minimum Gasteiger partial charge on any atom is -0.488 e. The van der Waals surface area contributed by atoms with E-state index in [0.29, 0.717) is 42.6 Å². The van der Waals surface area contributed by atoms with Crippen LogP contribution in [0.2, 0.25) is 0 Å². The summed E-state index contributed by atoms with van der Waals surface area (Å²) in [6.07, 6.45) is 0. The SMILES string of the molecule is CC1=C(COc2cc(F)c3oc(C)cc3c2)SCN1C1(C(N)=O)COC1. The molecule has 1 aromatic carbocycles. The zero-order chi connectivity index (χ0) is 18.5. The smallest absolute Gasteiger partial charge is 0.248 e. The van der Waals surface area contributed by atoms with Crippen molar-refractivity contribution in [2.45, 2.75) is 19.4 Å². The predicted molar refractivity (Wildman–Crippen MR) is 96.1 cm³/mol. The van der Waals surface area contributed by atoms with E-state index in [-0.39, 0.29) is 11.5 Å². The number of carbonyl (C=O) groups is 1. The molecule has 2 N–H and O–H groups in total. The third-order valence-corrected chi connectivity index (χ3v) is 6.02. The highest BCUT2D eigenvalue weighted by Crippen LogP contribution is 2.40.